The van der Waals surface area contributed by atoms with Crippen LogP contribution < -0.4 is 9.43 Å². The van der Waals surface area contributed by atoms with Crippen molar-refractivity contribution >= 4 is 52.2 Å². The minimum Gasteiger partial charge on any atom is -0.241 e. The molecule has 0 saturated carbocycles. The third-order valence-corrected chi connectivity index (χ3v) is 3.25. The first-order valence-corrected chi connectivity index (χ1v) is 6.51. The van der Waals surface area contributed by atoms with Gasteiger partial charge in [-0.15, -0.1) is 5.10 Å². The number of hydrogen-bond donors (Lipinski definition) is 0. The second-order valence-corrected chi connectivity index (χ2v) is 6.26. The summed E-state index contributed by atoms with van der Waals surface area (Å²) in [5.74, 6) is -1.26. The lowest BCUT2D eigenvalue weighted by molar-refractivity contribution is -0.0599. The fourth-order valence-corrected chi connectivity index (χ4v) is 2.28. The lowest BCUT2D eigenvalue weighted by atomic mass is 10.2. The van der Waals surface area contributed by atoms with Gasteiger partial charge in [-0.3, -0.25) is 0 Å². The van der Waals surface area contributed by atoms with Crippen molar-refractivity contribution in [1.82, 2.24) is 0 Å². The normalized spacial score (nSPS) is 16.1. The van der Waals surface area contributed by atoms with Gasteiger partial charge in [0.05, 0.1) is 11.4 Å². The number of fused-ring (bicyclic) bond motifs is 1. The number of benzene rings is 1. The van der Waals surface area contributed by atoms with Gasteiger partial charge < -0.3 is 0 Å². The molecule has 1 aromatic rings. The van der Waals surface area contributed by atoms with Crippen molar-refractivity contribution in [2.24, 2.45) is 5.10 Å². The molecule has 0 atom stereocenters. The molecule has 0 unspecified atom stereocenters. The van der Waals surface area contributed by atoms with Crippen LogP contribution in [-0.4, -0.2) is 17.0 Å². The highest BCUT2D eigenvalue weighted by Gasteiger charge is 2.46. The molecule has 0 saturated heterocycles. The van der Waals surface area contributed by atoms with Crippen LogP contribution in [0.25, 0.3) is 0 Å². The van der Waals surface area contributed by atoms with Gasteiger partial charge in [-0.25, -0.2) is 9.43 Å². The van der Waals surface area contributed by atoms with Gasteiger partial charge in [0.1, 0.15) is 5.00 Å². The van der Waals surface area contributed by atoms with Crippen molar-refractivity contribution in [1.29, 1.82) is 0 Å². The van der Waals surface area contributed by atoms with E-state index in [-0.39, 0.29) is 5.69 Å². The van der Waals surface area contributed by atoms with Crippen LogP contribution in [0.5, 0.6) is 0 Å². The Kier molecular flexibility index (Phi) is 3.77. The molecular formula is C11H9Cl3F3N3. The van der Waals surface area contributed by atoms with Crippen LogP contribution in [0, 0.1) is 0 Å². The zero-order chi connectivity index (χ0) is 15.3. The van der Waals surface area contributed by atoms with Crippen molar-refractivity contribution in [2.75, 3.05) is 9.43 Å². The molecule has 0 N–H and O–H groups in total. The average molecular weight is 347 g/mol. The Morgan fingerprint density at radius 3 is 2.25 bits per heavy atom. The number of nitrogens with zero attached hydrogens (tertiary/aromatic N) is 3. The van der Waals surface area contributed by atoms with E-state index >= 15 is 0 Å². The van der Waals surface area contributed by atoms with Gasteiger partial charge in [0.25, 0.3) is 0 Å². The van der Waals surface area contributed by atoms with Crippen LogP contribution in [0.15, 0.2) is 23.3 Å². The molecule has 1 heterocycles. The van der Waals surface area contributed by atoms with E-state index in [2.05, 4.69) is 5.10 Å². The van der Waals surface area contributed by atoms with Gasteiger partial charge in [-0.2, -0.15) is 13.2 Å². The highest BCUT2D eigenvalue weighted by atomic mass is 35.5. The molecule has 0 radical (unpaired) electrons. The lowest BCUT2D eigenvalue weighted by Gasteiger charge is -2.38. The van der Waals surface area contributed by atoms with E-state index < -0.39 is 17.0 Å². The molecule has 1 aliphatic rings. The maximum atomic E-state index is 13.0. The molecule has 20 heavy (non-hydrogen) atoms. The SMILES string of the molecule is CC(C)(Cl)N1N=C(C(F)(F)F)N(Cl)c2ccc(Cl)cc21. The molecule has 0 spiro atoms. The third-order valence-electron chi connectivity index (χ3n) is 2.52. The molecule has 1 aliphatic heterocycles. The van der Waals surface area contributed by atoms with Gasteiger partial charge in [0, 0.05) is 16.8 Å². The van der Waals surface area contributed by atoms with E-state index in [1.54, 1.807) is 0 Å². The van der Waals surface area contributed by atoms with Gasteiger partial charge >= 0.3 is 6.18 Å². The number of amidine groups is 1. The smallest absolute Gasteiger partial charge is 0.241 e. The first-order chi connectivity index (χ1) is 9.01. The van der Waals surface area contributed by atoms with Crippen LogP contribution in [0.3, 0.4) is 0 Å². The first kappa shape index (κ1) is 15.5. The summed E-state index contributed by atoms with van der Waals surface area (Å²) < 4.78 is 39.4. The summed E-state index contributed by atoms with van der Waals surface area (Å²) in [6, 6.07) is 4.27. The first-order valence-electron chi connectivity index (χ1n) is 5.42. The molecular weight excluding hydrogens is 337 g/mol. The minimum absolute atomic E-state index is 0.104. The van der Waals surface area contributed by atoms with Crippen LogP contribution in [0.2, 0.25) is 5.02 Å². The number of hydrazone groups is 1. The number of anilines is 2. The molecule has 3 nitrogen and oxygen atoms in total. The summed E-state index contributed by atoms with van der Waals surface area (Å²) in [4.78, 5) is -1.19. The quantitative estimate of drug-likeness (QED) is 0.406. The van der Waals surface area contributed by atoms with E-state index in [9.17, 15) is 13.2 Å². The highest BCUT2D eigenvalue weighted by Crippen LogP contribution is 2.43. The van der Waals surface area contributed by atoms with E-state index in [1.165, 1.54) is 32.0 Å². The highest BCUT2D eigenvalue weighted by molar-refractivity contribution is 6.40. The van der Waals surface area contributed by atoms with Crippen LogP contribution in [-0.2, 0) is 0 Å². The van der Waals surface area contributed by atoms with E-state index in [0.29, 0.717) is 15.1 Å². The summed E-state index contributed by atoms with van der Waals surface area (Å²) in [5, 5.41) is 4.89. The predicted octanol–water partition coefficient (Wildman–Crippen LogP) is 4.97. The topological polar surface area (TPSA) is 18.8 Å². The molecule has 0 aliphatic carbocycles. The Bertz CT molecular complexity index is 566. The van der Waals surface area contributed by atoms with Crippen molar-refractivity contribution in [3.05, 3.63) is 23.2 Å². The third kappa shape index (κ3) is 2.77. The second-order valence-electron chi connectivity index (χ2n) is 4.56. The average Bonchev–Trinajstić information content (AvgIpc) is 2.25. The predicted molar refractivity (Wildman–Crippen MR) is 75.7 cm³/mol. The zero-order valence-corrected chi connectivity index (χ0v) is 12.6. The summed E-state index contributed by atoms with van der Waals surface area (Å²) in [6.07, 6.45) is -4.71. The number of rotatable bonds is 1. The van der Waals surface area contributed by atoms with Gasteiger partial charge in [-0.1, -0.05) is 23.2 Å². The largest absolute Gasteiger partial charge is 0.452 e. The Labute approximate surface area is 128 Å². The minimum atomic E-state index is -4.71. The Morgan fingerprint density at radius 1 is 1.15 bits per heavy atom. The summed E-state index contributed by atoms with van der Waals surface area (Å²) in [7, 11) is 0. The molecule has 9 heteroatoms. The fraction of sp³-hybridized carbons (Fsp3) is 0.364. The number of hydrogen-bond acceptors (Lipinski definition) is 3. The van der Waals surface area contributed by atoms with Crippen molar-refractivity contribution in [2.45, 2.75) is 25.0 Å². The van der Waals surface area contributed by atoms with Crippen LogP contribution >= 0.6 is 35.0 Å². The van der Waals surface area contributed by atoms with E-state index in [1.807, 2.05) is 0 Å². The lowest BCUT2D eigenvalue weighted by Crippen LogP contribution is -2.46. The molecule has 0 fully saturated rings. The molecule has 0 amide bonds. The molecule has 1 aromatic carbocycles. The summed E-state index contributed by atoms with van der Waals surface area (Å²) >= 11 is 17.7. The van der Waals surface area contributed by atoms with Gasteiger partial charge in [0.2, 0.25) is 5.84 Å². The molecule has 0 bridgehead atoms. The summed E-state index contributed by atoms with van der Waals surface area (Å²) in [6.45, 7) is 3.03. The number of halogens is 6. The Morgan fingerprint density at radius 2 is 1.75 bits per heavy atom. The monoisotopic (exact) mass is 345 g/mol. The molecule has 2 rings (SSSR count). The molecule has 0 aromatic heterocycles. The van der Waals surface area contributed by atoms with Crippen molar-refractivity contribution in [3.8, 4) is 0 Å². The Balaban J connectivity index is 2.66. The van der Waals surface area contributed by atoms with E-state index in [4.69, 9.17) is 35.0 Å². The summed E-state index contributed by atoms with van der Waals surface area (Å²) in [5.41, 5.74) is 0.396. The Hall–Kier alpha value is -0.850. The maximum absolute atomic E-state index is 13.0. The van der Waals surface area contributed by atoms with Gasteiger partial charge in [-0.05, 0) is 32.0 Å². The fourth-order valence-electron chi connectivity index (χ4n) is 1.71. The molecule has 110 valence electrons. The van der Waals surface area contributed by atoms with Crippen molar-refractivity contribution in [3.63, 3.8) is 0 Å². The zero-order valence-electron chi connectivity index (χ0n) is 10.3. The van der Waals surface area contributed by atoms with E-state index in [0.717, 1.165) is 5.01 Å². The number of alkyl halides is 4. The second kappa shape index (κ2) is 4.86. The maximum Gasteiger partial charge on any atom is 0.452 e. The van der Waals surface area contributed by atoms with Crippen molar-refractivity contribution < 1.29 is 13.2 Å². The standard InChI is InChI=1S/C11H9Cl3F3N3/c1-10(2,13)20-8-5-6(12)3-4-7(8)19(14)9(18-20)11(15,16)17/h3-5H,1-2H3. The van der Waals surface area contributed by atoms with Crippen LogP contribution in [0.1, 0.15) is 13.8 Å². The van der Waals surface area contributed by atoms with Gasteiger partial charge in [0.15, 0.2) is 0 Å². The van der Waals surface area contributed by atoms with Crippen LogP contribution in [0.4, 0.5) is 24.5 Å².